The molecule has 29 heavy (non-hydrogen) atoms. The van der Waals surface area contributed by atoms with Crippen LogP contribution in [0, 0.1) is 6.92 Å². The van der Waals surface area contributed by atoms with E-state index in [1.165, 1.54) is 25.7 Å². The third-order valence-electron chi connectivity index (χ3n) is 6.15. The molecule has 2 saturated carbocycles. The summed E-state index contributed by atoms with van der Waals surface area (Å²) in [6.07, 6.45) is 11.5. The van der Waals surface area contributed by atoms with Crippen LogP contribution in [0.15, 0.2) is 36.7 Å². The Kier molecular flexibility index (Phi) is 4.84. The Bertz CT molecular complexity index is 1020. The van der Waals surface area contributed by atoms with Crippen molar-refractivity contribution in [2.75, 3.05) is 5.32 Å². The van der Waals surface area contributed by atoms with Crippen molar-refractivity contribution in [3.63, 3.8) is 0 Å². The summed E-state index contributed by atoms with van der Waals surface area (Å²) < 4.78 is 0. The van der Waals surface area contributed by atoms with E-state index in [1.54, 1.807) is 11.3 Å². The van der Waals surface area contributed by atoms with Gasteiger partial charge < -0.3 is 10.4 Å². The van der Waals surface area contributed by atoms with Gasteiger partial charge in [0, 0.05) is 29.7 Å². The molecule has 2 heterocycles. The van der Waals surface area contributed by atoms with Gasteiger partial charge in [-0.2, -0.15) is 0 Å². The molecule has 0 spiro atoms. The van der Waals surface area contributed by atoms with Gasteiger partial charge in [0.2, 0.25) is 5.95 Å². The zero-order valence-corrected chi connectivity index (χ0v) is 17.5. The Balaban J connectivity index is 1.39. The van der Waals surface area contributed by atoms with Crippen LogP contribution in [0.3, 0.4) is 0 Å². The number of aryl methyl sites for hydroxylation is 1. The highest BCUT2D eigenvalue weighted by Crippen LogP contribution is 2.44. The molecule has 0 aliphatic heterocycles. The highest BCUT2D eigenvalue weighted by molar-refractivity contribution is 7.15. The van der Waals surface area contributed by atoms with Crippen molar-refractivity contribution in [2.24, 2.45) is 0 Å². The van der Waals surface area contributed by atoms with Crippen LogP contribution in [0.2, 0.25) is 0 Å². The van der Waals surface area contributed by atoms with Crippen molar-refractivity contribution in [1.29, 1.82) is 0 Å². The molecule has 150 valence electrons. The van der Waals surface area contributed by atoms with Gasteiger partial charge in [-0.3, -0.25) is 0 Å². The van der Waals surface area contributed by atoms with Crippen LogP contribution in [0.4, 0.5) is 11.6 Å². The van der Waals surface area contributed by atoms with Crippen LogP contribution in [0.25, 0.3) is 10.4 Å². The first-order valence-corrected chi connectivity index (χ1v) is 11.3. The van der Waals surface area contributed by atoms with Gasteiger partial charge in [0.1, 0.15) is 10.6 Å². The van der Waals surface area contributed by atoms with Crippen molar-refractivity contribution in [3.05, 3.63) is 52.9 Å². The smallest absolute Gasteiger partial charge is 0.227 e. The van der Waals surface area contributed by atoms with Gasteiger partial charge >= 0.3 is 0 Å². The lowest BCUT2D eigenvalue weighted by Gasteiger charge is -2.34. The van der Waals surface area contributed by atoms with Gasteiger partial charge in [0.15, 0.2) is 0 Å². The summed E-state index contributed by atoms with van der Waals surface area (Å²) in [4.78, 5) is 14.8. The molecule has 2 N–H and O–H groups in total. The topological polar surface area (TPSA) is 70.9 Å². The number of thiazole rings is 1. The Hall–Kier alpha value is -2.31. The summed E-state index contributed by atoms with van der Waals surface area (Å²) in [5, 5.41) is 14.8. The van der Waals surface area contributed by atoms with Crippen LogP contribution in [-0.2, 0) is 5.60 Å². The van der Waals surface area contributed by atoms with E-state index in [0.717, 1.165) is 51.7 Å². The zero-order chi connectivity index (χ0) is 19.8. The number of aliphatic hydroxyl groups is 1. The standard InChI is InChI=1S/C23H26N4OS/c1-15-11-17(20-14-25-21(29-20)23(28)8-4-9-23)13-18(12-15)26-22-24-10-7-19(27-22)16-5-2-3-6-16/h7,10-14,16,28H,2-6,8-9H2,1H3,(H,24,26,27). The molecule has 0 atom stereocenters. The van der Waals surface area contributed by atoms with Crippen molar-refractivity contribution >= 4 is 23.0 Å². The molecule has 0 bridgehead atoms. The maximum absolute atomic E-state index is 10.6. The number of hydrogen-bond donors (Lipinski definition) is 2. The summed E-state index contributed by atoms with van der Waals surface area (Å²) in [6, 6.07) is 8.42. The normalized spacial score (nSPS) is 18.6. The molecule has 0 saturated heterocycles. The second-order valence-electron chi connectivity index (χ2n) is 8.41. The number of benzene rings is 1. The lowest BCUT2D eigenvalue weighted by molar-refractivity contribution is -0.0389. The minimum Gasteiger partial charge on any atom is -0.383 e. The van der Waals surface area contributed by atoms with Gasteiger partial charge in [0.05, 0.1) is 4.88 Å². The minimum absolute atomic E-state index is 0.569. The molecule has 2 aliphatic carbocycles. The highest BCUT2D eigenvalue weighted by Gasteiger charge is 2.39. The first kappa shape index (κ1) is 18.7. The second kappa shape index (κ2) is 7.50. The van der Waals surface area contributed by atoms with E-state index in [4.69, 9.17) is 4.98 Å². The molecule has 0 unspecified atom stereocenters. The third-order valence-corrected chi connectivity index (χ3v) is 7.39. The summed E-state index contributed by atoms with van der Waals surface area (Å²) in [5.41, 5.74) is 3.68. The molecule has 0 radical (unpaired) electrons. The summed E-state index contributed by atoms with van der Waals surface area (Å²) in [5.74, 6) is 1.22. The first-order chi connectivity index (χ1) is 14.1. The quantitative estimate of drug-likeness (QED) is 0.570. The van der Waals surface area contributed by atoms with Crippen LogP contribution < -0.4 is 5.32 Å². The minimum atomic E-state index is -0.706. The average Bonchev–Trinajstić information content (AvgIpc) is 3.38. The lowest BCUT2D eigenvalue weighted by atomic mass is 9.81. The van der Waals surface area contributed by atoms with Crippen LogP contribution in [0.1, 0.15) is 67.1 Å². The van der Waals surface area contributed by atoms with E-state index in [1.807, 2.05) is 18.5 Å². The number of nitrogens with one attached hydrogen (secondary N) is 1. The average molecular weight is 407 g/mol. The molecule has 2 aromatic heterocycles. The van der Waals surface area contributed by atoms with Gasteiger partial charge in [-0.05, 0) is 68.4 Å². The Morgan fingerprint density at radius 2 is 1.93 bits per heavy atom. The van der Waals surface area contributed by atoms with Crippen LogP contribution in [-0.4, -0.2) is 20.1 Å². The number of aromatic nitrogens is 3. The number of hydrogen-bond acceptors (Lipinski definition) is 6. The molecule has 5 nitrogen and oxygen atoms in total. The third kappa shape index (κ3) is 3.79. The van der Waals surface area contributed by atoms with E-state index in [0.29, 0.717) is 11.9 Å². The van der Waals surface area contributed by atoms with E-state index >= 15 is 0 Å². The molecule has 0 amide bonds. The van der Waals surface area contributed by atoms with Gasteiger partial charge in [-0.15, -0.1) is 11.3 Å². The van der Waals surface area contributed by atoms with E-state index < -0.39 is 5.60 Å². The lowest BCUT2D eigenvalue weighted by Crippen LogP contribution is -2.33. The molecule has 5 rings (SSSR count). The Labute approximate surface area is 175 Å². The van der Waals surface area contributed by atoms with E-state index in [2.05, 4.69) is 40.4 Å². The van der Waals surface area contributed by atoms with Gasteiger partial charge in [-0.25, -0.2) is 15.0 Å². The highest BCUT2D eigenvalue weighted by atomic mass is 32.1. The number of nitrogens with zero attached hydrogens (tertiary/aromatic N) is 3. The molecular formula is C23H26N4OS. The maximum atomic E-state index is 10.6. The molecule has 2 aliphatic rings. The summed E-state index contributed by atoms with van der Waals surface area (Å²) in [6.45, 7) is 2.09. The van der Waals surface area contributed by atoms with E-state index in [9.17, 15) is 5.11 Å². The fraction of sp³-hybridized carbons (Fsp3) is 0.435. The van der Waals surface area contributed by atoms with Gasteiger partial charge in [-0.1, -0.05) is 18.9 Å². The summed E-state index contributed by atoms with van der Waals surface area (Å²) >= 11 is 1.59. The predicted octanol–water partition coefficient (Wildman–Crippen LogP) is 5.68. The summed E-state index contributed by atoms with van der Waals surface area (Å²) in [7, 11) is 0. The maximum Gasteiger partial charge on any atom is 0.227 e. The van der Waals surface area contributed by atoms with E-state index in [-0.39, 0.29) is 0 Å². The molecule has 2 fully saturated rings. The molecule has 6 heteroatoms. The first-order valence-electron chi connectivity index (χ1n) is 10.5. The predicted molar refractivity (Wildman–Crippen MR) is 117 cm³/mol. The fourth-order valence-corrected chi connectivity index (χ4v) is 5.41. The zero-order valence-electron chi connectivity index (χ0n) is 16.7. The second-order valence-corrected chi connectivity index (χ2v) is 9.44. The fourth-order valence-electron chi connectivity index (χ4n) is 4.36. The number of anilines is 2. The van der Waals surface area contributed by atoms with Crippen molar-refractivity contribution < 1.29 is 5.11 Å². The van der Waals surface area contributed by atoms with Gasteiger partial charge in [0.25, 0.3) is 0 Å². The Morgan fingerprint density at radius 1 is 1.10 bits per heavy atom. The molecule has 3 aromatic rings. The SMILES string of the molecule is Cc1cc(Nc2nccc(C3CCCC3)n2)cc(-c2cnc(C3(O)CCC3)s2)c1. The van der Waals surface area contributed by atoms with Crippen LogP contribution >= 0.6 is 11.3 Å². The van der Waals surface area contributed by atoms with Crippen molar-refractivity contribution in [1.82, 2.24) is 15.0 Å². The Morgan fingerprint density at radius 3 is 2.69 bits per heavy atom. The molecular weight excluding hydrogens is 380 g/mol. The largest absolute Gasteiger partial charge is 0.383 e. The molecule has 1 aromatic carbocycles. The monoisotopic (exact) mass is 406 g/mol. The number of rotatable bonds is 5. The van der Waals surface area contributed by atoms with Crippen molar-refractivity contribution in [3.8, 4) is 10.4 Å². The van der Waals surface area contributed by atoms with Crippen LogP contribution in [0.5, 0.6) is 0 Å². The van der Waals surface area contributed by atoms with Crippen molar-refractivity contribution in [2.45, 2.75) is 63.4 Å².